The van der Waals surface area contributed by atoms with Crippen molar-refractivity contribution in [3.8, 4) is 28.2 Å². The Morgan fingerprint density at radius 3 is 1.39 bits per heavy atom. The van der Waals surface area contributed by atoms with Gasteiger partial charge in [0.05, 0.1) is 33.1 Å². The molecule has 0 saturated carbocycles. The maximum Gasteiger partial charge on any atom is 0.0641 e. The van der Waals surface area contributed by atoms with E-state index in [1.165, 1.54) is 76.5 Å². The van der Waals surface area contributed by atoms with Crippen molar-refractivity contribution >= 4 is 65.4 Å². The Bertz CT molecular complexity index is 3050. The zero-order valence-corrected chi connectivity index (χ0v) is 27.7. The lowest BCUT2D eigenvalue weighted by molar-refractivity contribution is 1.15. The molecule has 0 N–H and O–H groups in total. The molecule has 0 fully saturated rings. The van der Waals surface area contributed by atoms with Crippen LogP contribution in [0.25, 0.3) is 93.6 Å². The van der Waals surface area contributed by atoms with Crippen LogP contribution >= 0.6 is 0 Å². The number of rotatable bonds is 4. The fraction of sp³-hybridized carbons (Fsp3) is 0. The molecule has 0 atom stereocenters. The molecule has 0 aliphatic heterocycles. The number of hydrogen-bond donors (Lipinski definition) is 0. The lowest BCUT2D eigenvalue weighted by Crippen LogP contribution is -1.97. The predicted octanol–water partition coefficient (Wildman–Crippen LogP) is 12.6. The summed E-state index contributed by atoms with van der Waals surface area (Å²) in [6.45, 7) is 0. The van der Waals surface area contributed by atoms with Crippen LogP contribution in [0.15, 0.2) is 188 Å². The molecule has 8 aromatic carbocycles. The molecule has 3 nitrogen and oxygen atoms in total. The van der Waals surface area contributed by atoms with E-state index in [2.05, 4.69) is 202 Å². The summed E-state index contributed by atoms with van der Waals surface area (Å²) in [6.07, 6.45) is 0. The van der Waals surface area contributed by atoms with Gasteiger partial charge in [0.1, 0.15) is 0 Å². The minimum atomic E-state index is 1.13. The number of nitrogens with zero attached hydrogens (tertiary/aromatic N) is 3. The van der Waals surface area contributed by atoms with Gasteiger partial charge in [-0.15, -0.1) is 0 Å². The van der Waals surface area contributed by atoms with Crippen molar-refractivity contribution < 1.29 is 0 Å². The first-order chi connectivity index (χ1) is 25.3. The molecule has 0 aliphatic carbocycles. The van der Waals surface area contributed by atoms with Gasteiger partial charge in [-0.25, -0.2) is 0 Å². The topological polar surface area (TPSA) is 14.8 Å². The van der Waals surface area contributed by atoms with Crippen molar-refractivity contribution in [3.05, 3.63) is 188 Å². The van der Waals surface area contributed by atoms with Crippen LogP contribution in [0.1, 0.15) is 0 Å². The second-order valence-corrected chi connectivity index (χ2v) is 13.4. The van der Waals surface area contributed by atoms with Crippen molar-refractivity contribution in [2.24, 2.45) is 0 Å². The van der Waals surface area contributed by atoms with Crippen molar-refractivity contribution in [2.75, 3.05) is 0 Å². The lowest BCUT2D eigenvalue weighted by atomic mass is 10.1. The maximum absolute atomic E-state index is 2.46. The highest BCUT2D eigenvalue weighted by Gasteiger charge is 2.22. The molecule has 0 unspecified atom stereocenters. The highest BCUT2D eigenvalue weighted by molar-refractivity contribution is 6.26. The summed E-state index contributed by atoms with van der Waals surface area (Å²) in [6, 6.07) is 68.4. The van der Waals surface area contributed by atoms with Gasteiger partial charge in [0, 0.05) is 49.4 Å². The maximum atomic E-state index is 2.46. The molecular formula is C48H31N3. The summed E-state index contributed by atoms with van der Waals surface area (Å²) in [5.74, 6) is 0. The quantitative estimate of drug-likeness (QED) is 0.180. The van der Waals surface area contributed by atoms with Gasteiger partial charge in [-0.2, -0.15) is 0 Å². The van der Waals surface area contributed by atoms with Crippen LogP contribution in [0.2, 0.25) is 0 Å². The fourth-order valence-corrected chi connectivity index (χ4v) is 8.44. The molecule has 0 bridgehead atoms. The fourth-order valence-electron chi connectivity index (χ4n) is 8.44. The molecular weight excluding hydrogens is 619 g/mol. The van der Waals surface area contributed by atoms with E-state index in [0.29, 0.717) is 0 Å². The largest absolute Gasteiger partial charge is 0.309 e. The summed E-state index contributed by atoms with van der Waals surface area (Å²) in [5, 5.41) is 7.52. The summed E-state index contributed by atoms with van der Waals surface area (Å²) in [7, 11) is 0. The van der Waals surface area contributed by atoms with Gasteiger partial charge in [0.25, 0.3) is 0 Å². The summed E-state index contributed by atoms with van der Waals surface area (Å²) < 4.78 is 7.33. The molecule has 3 aromatic heterocycles. The van der Waals surface area contributed by atoms with Gasteiger partial charge in [-0.1, -0.05) is 127 Å². The van der Waals surface area contributed by atoms with Gasteiger partial charge in [-0.3, -0.25) is 0 Å². The molecule has 0 saturated heterocycles. The minimum Gasteiger partial charge on any atom is -0.309 e. The van der Waals surface area contributed by atoms with Crippen molar-refractivity contribution in [1.82, 2.24) is 13.7 Å². The molecule has 11 rings (SSSR count). The lowest BCUT2D eigenvalue weighted by Gasteiger charge is -2.12. The average Bonchev–Trinajstić information content (AvgIpc) is 3.84. The predicted molar refractivity (Wildman–Crippen MR) is 215 cm³/mol. The Hall–Kier alpha value is -6.84. The molecule has 3 heterocycles. The second kappa shape index (κ2) is 10.8. The molecule has 0 aliphatic rings. The van der Waals surface area contributed by atoms with E-state index in [1.807, 2.05) is 0 Å². The van der Waals surface area contributed by atoms with Crippen LogP contribution in [0, 0.1) is 0 Å². The summed E-state index contributed by atoms with van der Waals surface area (Å²) >= 11 is 0. The van der Waals surface area contributed by atoms with Crippen LogP contribution in [-0.4, -0.2) is 13.7 Å². The molecule has 238 valence electrons. The van der Waals surface area contributed by atoms with Crippen LogP contribution in [0.5, 0.6) is 0 Å². The zero-order chi connectivity index (χ0) is 33.5. The van der Waals surface area contributed by atoms with Crippen LogP contribution in [-0.2, 0) is 0 Å². The molecule has 51 heavy (non-hydrogen) atoms. The van der Waals surface area contributed by atoms with E-state index >= 15 is 0 Å². The van der Waals surface area contributed by atoms with E-state index in [0.717, 1.165) is 17.1 Å². The normalized spacial score (nSPS) is 11.9. The molecule has 0 amide bonds. The first kappa shape index (κ1) is 28.0. The van der Waals surface area contributed by atoms with Gasteiger partial charge < -0.3 is 13.7 Å². The standard InChI is InChI=1S/C48H31N3/c1-3-13-32(14-4-1)33-23-25-35(26-24-33)49-45-30-29-40-39-19-9-12-22-44(39)51(34-15-5-2-6-16-34)48(40)47(45)41-28-27-36(31-46(41)49)50-42-20-10-7-17-37(42)38-18-8-11-21-43(38)50/h1-31H. The van der Waals surface area contributed by atoms with Gasteiger partial charge >= 0.3 is 0 Å². The van der Waals surface area contributed by atoms with E-state index in [-0.39, 0.29) is 0 Å². The van der Waals surface area contributed by atoms with E-state index in [9.17, 15) is 0 Å². The van der Waals surface area contributed by atoms with Crippen LogP contribution in [0.3, 0.4) is 0 Å². The third kappa shape index (κ3) is 4.06. The number of fused-ring (bicyclic) bond motifs is 10. The SMILES string of the molecule is c1ccc(-c2ccc(-n3c4cc(-n5c6ccccc6c6ccccc65)ccc4c4c3ccc3c5ccccc5n(-c5ccccc5)c34)cc2)cc1. The molecule has 3 heteroatoms. The second-order valence-electron chi connectivity index (χ2n) is 13.4. The number of benzene rings is 8. The Morgan fingerprint density at radius 1 is 0.255 bits per heavy atom. The molecule has 0 spiro atoms. The van der Waals surface area contributed by atoms with Crippen LogP contribution in [0.4, 0.5) is 0 Å². The third-order valence-electron chi connectivity index (χ3n) is 10.6. The van der Waals surface area contributed by atoms with Crippen LogP contribution < -0.4 is 0 Å². The van der Waals surface area contributed by atoms with E-state index in [1.54, 1.807) is 0 Å². The third-order valence-corrected chi connectivity index (χ3v) is 10.6. The summed E-state index contributed by atoms with van der Waals surface area (Å²) in [4.78, 5) is 0. The molecule has 11 aromatic rings. The number of para-hydroxylation sites is 4. The van der Waals surface area contributed by atoms with Gasteiger partial charge in [0.2, 0.25) is 0 Å². The van der Waals surface area contributed by atoms with Crippen molar-refractivity contribution in [3.63, 3.8) is 0 Å². The molecule has 0 radical (unpaired) electrons. The van der Waals surface area contributed by atoms with Gasteiger partial charge in [0.15, 0.2) is 0 Å². The Balaban J connectivity index is 1.27. The van der Waals surface area contributed by atoms with Gasteiger partial charge in [-0.05, 0) is 71.8 Å². The van der Waals surface area contributed by atoms with E-state index in [4.69, 9.17) is 0 Å². The summed E-state index contributed by atoms with van der Waals surface area (Å²) in [5.41, 5.74) is 13.1. The highest BCUT2D eigenvalue weighted by Crippen LogP contribution is 2.43. The zero-order valence-electron chi connectivity index (χ0n) is 27.7. The Morgan fingerprint density at radius 2 is 0.725 bits per heavy atom. The van der Waals surface area contributed by atoms with Crippen molar-refractivity contribution in [2.45, 2.75) is 0 Å². The Labute approximate surface area is 294 Å². The minimum absolute atomic E-state index is 1.13. The average molecular weight is 650 g/mol. The van der Waals surface area contributed by atoms with E-state index < -0.39 is 0 Å². The number of hydrogen-bond acceptors (Lipinski definition) is 0. The Kier molecular flexibility index (Phi) is 5.96. The first-order valence-electron chi connectivity index (χ1n) is 17.5. The highest BCUT2D eigenvalue weighted by atomic mass is 15.0. The number of aromatic nitrogens is 3. The van der Waals surface area contributed by atoms with Crippen molar-refractivity contribution in [1.29, 1.82) is 0 Å². The monoisotopic (exact) mass is 649 g/mol. The first-order valence-corrected chi connectivity index (χ1v) is 17.5. The smallest absolute Gasteiger partial charge is 0.0641 e.